The maximum atomic E-state index is 12.8. The van der Waals surface area contributed by atoms with Crippen molar-refractivity contribution in [3.8, 4) is 11.3 Å². The number of hydrogen-bond acceptors (Lipinski definition) is 5. The third-order valence-corrected chi connectivity index (χ3v) is 7.65. The van der Waals surface area contributed by atoms with Crippen LogP contribution in [0.3, 0.4) is 0 Å². The van der Waals surface area contributed by atoms with E-state index < -0.39 is 10.0 Å². The maximum absolute atomic E-state index is 12.8. The van der Waals surface area contributed by atoms with Gasteiger partial charge in [-0.15, -0.1) is 0 Å². The van der Waals surface area contributed by atoms with Gasteiger partial charge in [0, 0.05) is 41.1 Å². The van der Waals surface area contributed by atoms with Crippen molar-refractivity contribution in [3.63, 3.8) is 0 Å². The van der Waals surface area contributed by atoms with E-state index in [-0.39, 0.29) is 11.7 Å². The highest BCUT2D eigenvalue weighted by Gasteiger charge is 2.28. The Morgan fingerprint density at radius 1 is 1.03 bits per heavy atom. The summed E-state index contributed by atoms with van der Waals surface area (Å²) in [6.07, 6.45) is 4.11. The van der Waals surface area contributed by atoms with Gasteiger partial charge in [0.05, 0.1) is 22.7 Å². The highest BCUT2D eigenvalue weighted by atomic mass is 32.2. The molecular formula is C25H22N4O3S. The number of fused-ring (bicyclic) bond motifs is 1. The SMILES string of the molecule is Cc1ccc(NC(=O)c2ccc(N3CCCS3(=O)=O)cc2)cc1-c1ccc2cnccc2n1. The predicted octanol–water partition coefficient (Wildman–Crippen LogP) is 4.40. The summed E-state index contributed by atoms with van der Waals surface area (Å²) < 4.78 is 25.6. The Morgan fingerprint density at radius 2 is 1.85 bits per heavy atom. The van der Waals surface area contributed by atoms with E-state index >= 15 is 0 Å². The molecule has 166 valence electrons. The number of rotatable bonds is 4. The average molecular weight is 459 g/mol. The molecule has 1 aliphatic rings. The Balaban J connectivity index is 1.37. The van der Waals surface area contributed by atoms with Crippen molar-refractivity contribution in [1.29, 1.82) is 0 Å². The minimum atomic E-state index is -3.25. The van der Waals surface area contributed by atoms with Crippen LogP contribution in [0.4, 0.5) is 11.4 Å². The monoisotopic (exact) mass is 458 g/mol. The Kier molecular flexibility index (Phi) is 5.30. The van der Waals surface area contributed by atoms with Gasteiger partial charge < -0.3 is 5.32 Å². The van der Waals surface area contributed by atoms with Crippen molar-refractivity contribution in [1.82, 2.24) is 9.97 Å². The number of pyridine rings is 2. The number of anilines is 2. The Morgan fingerprint density at radius 3 is 2.61 bits per heavy atom. The lowest BCUT2D eigenvalue weighted by atomic mass is 10.0. The molecule has 0 spiro atoms. The molecule has 33 heavy (non-hydrogen) atoms. The second kappa shape index (κ2) is 8.29. The van der Waals surface area contributed by atoms with Crippen molar-refractivity contribution >= 4 is 38.2 Å². The van der Waals surface area contributed by atoms with E-state index in [1.54, 1.807) is 36.7 Å². The highest BCUT2D eigenvalue weighted by molar-refractivity contribution is 7.93. The van der Waals surface area contributed by atoms with Crippen LogP contribution >= 0.6 is 0 Å². The van der Waals surface area contributed by atoms with Crippen molar-refractivity contribution in [2.24, 2.45) is 0 Å². The molecule has 1 fully saturated rings. The maximum Gasteiger partial charge on any atom is 0.255 e. The van der Waals surface area contributed by atoms with Crippen LogP contribution in [0.2, 0.25) is 0 Å². The molecule has 8 heteroatoms. The van der Waals surface area contributed by atoms with Gasteiger partial charge in [-0.05, 0) is 73.5 Å². The van der Waals surface area contributed by atoms with E-state index in [1.165, 1.54) is 4.31 Å². The minimum Gasteiger partial charge on any atom is -0.322 e. The number of carbonyl (C=O) groups is 1. The molecule has 0 atom stereocenters. The molecule has 1 saturated heterocycles. The molecular weight excluding hydrogens is 436 g/mol. The summed E-state index contributed by atoms with van der Waals surface area (Å²) in [7, 11) is -3.25. The number of hydrogen-bond donors (Lipinski definition) is 1. The van der Waals surface area contributed by atoms with E-state index in [2.05, 4.69) is 10.3 Å². The Bertz CT molecular complexity index is 1470. The molecule has 0 aliphatic carbocycles. The minimum absolute atomic E-state index is 0.161. The van der Waals surface area contributed by atoms with E-state index in [1.807, 2.05) is 43.3 Å². The number of sulfonamides is 1. The molecule has 2 aromatic heterocycles. The molecule has 1 N–H and O–H groups in total. The fourth-order valence-corrected chi connectivity index (χ4v) is 5.57. The number of amides is 1. The van der Waals surface area contributed by atoms with Gasteiger partial charge in [0.15, 0.2) is 0 Å². The summed E-state index contributed by atoms with van der Waals surface area (Å²) in [6.45, 7) is 2.48. The second-order valence-corrected chi connectivity index (χ2v) is 10.1. The standard InChI is InChI=1S/C25H22N4O3S/c1-17-3-7-20(15-22(17)24-10-6-19-16-26-12-11-23(19)28-24)27-25(30)18-4-8-21(9-5-18)29-13-2-14-33(29,31)32/h3-12,15-16H,2,13-14H2,1H3,(H,27,30). The van der Waals surface area contributed by atoms with Crippen LogP contribution in [0.25, 0.3) is 22.2 Å². The van der Waals surface area contributed by atoms with Gasteiger partial charge in [0.1, 0.15) is 0 Å². The zero-order valence-corrected chi connectivity index (χ0v) is 18.8. The molecule has 0 radical (unpaired) electrons. The average Bonchev–Trinajstić information content (AvgIpc) is 3.19. The molecule has 4 aromatic rings. The van der Waals surface area contributed by atoms with E-state index in [0.717, 1.165) is 27.7 Å². The summed E-state index contributed by atoms with van der Waals surface area (Å²) in [5.41, 5.74) is 5.34. The quantitative estimate of drug-likeness (QED) is 0.489. The van der Waals surface area contributed by atoms with Crippen LogP contribution in [0, 0.1) is 6.92 Å². The lowest BCUT2D eigenvalue weighted by Gasteiger charge is -2.17. The lowest BCUT2D eigenvalue weighted by molar-refractivity contribution is 0.102. The van der Waals surface area contributed by atoms with Gasteiger partial charge in [-0.25, -0.2) is 13.4 Å². The number of benzene rings is 2. The smallest absolute Gasteiger partial charge is 0.255 e. The first-order valence-electron chi connectivity index (χ1n) is 10.6. The normalized spacial score (nSPS) is 15.0. The van der Waals surface area contributed by atoms with Crippen molar-refractivity contribution in [3.05, 3.63) is 84.2 Å². The first-order valence-corrected chi connectivity index (χ1v) is 12.3. The van der Waals surface area contributed by atoms with Crippen LogP contribution in [0.15, 0.2) is 73.1 Å². The summed E-state index contributed by atoms with van der Waals surface area (Å²) in [6, 6.07) is 18.2. The number of carbonyl (C=O) groups excluding carboxylic acids is 1. The molecule has 0 unspecified atom stereocenters. The van der Waals surface area contributed by atoms with E-state index in [0.29, 0.717) is 29.9 Å². The molecule has 0 saturated carbocycles. The fraction of sp³-hybridized carbons (Fsp3) is 0.160. The van der Waals surface area contributed by atoms with Crippen LogP contribution in [0.1, 0.15) is 22.3 Å². The first-order chi connectivity index (χ1) is 15.9. The van der Waals surface area contributed by atoms with Crippen molar-refractivity contribution in [2.75, 3.05) is 21.9 Å². The van der Waals surface area contributed by atoms with Gasteiger partial charge in [0.25, 0.3) is 5.91 Å². The van der Waals surface area contributed by atoms with Crippen LogP contribution in [0.5, 0.6) is 0 Å². The molecule has 3 heterocycles. The van der Waals surface area contributed by atoms with Gasteiger partial charge in [0.2, 0.25) is 10.0 Å². The summed E-state index contributed by atoms with van der Waals surface area (Å²) in [5.74, 6) is -0.105. The molecule has 2 aromatic carbocycles. The van der Waals surface area contributed by atoms with Crippen molar-refractivity contribution in [2.45, 2.75) is 13.3 Å². The first kappa shape index (κ1) is 21.1. The Hall–Kier alpha value is -3.78. The largest absolute Gasteiger partial charge is 0.322 e. The lowest BCUT2D eigenvalue weighted by Crippen LogP contribution is -2.25. The molecule has 7 nitrogen and oxygen atoms in total. The number of nitrogens with one attached hydrogen (secondary N) is 1. The second-order valence-electron chi connectivity index (χ2n) is 8.04. The summed E-state index contributed by atoms with van der Waals surface area (Å²) in [4.78, 5) is 21.7. The number of nitrogens with zero attached hydrogens (tertiary/aromatic N) is 3. The van der Waals surface area contributed by atoms with Crippen molar-refractivity contribution < 1.29 is 13.2 Å². The summed E-state index contributed by atoms with van der Waals surface area (Å²) >= 11 is 0. The Labute approximate surface area is 192 Å². The van der Waals surface area contributed by atoms with Crippen LogP contribution < -0.4 is 9.62 Å². The molecule has 1 aliphatic heterocycles. The third-order valence-electron chi connectivity index (χ3n) is 5.78. The van der Waals surface area contributed by atoms with Gasteiger partial charge in [-0.3, -0.25) is 14.1 Å². The van der Waals surface area contributed by atoms with Crippen LogP contribution in [-0.4, -0.2) is 36.6 Å². The van der Waals surface area contributed by atoms with Gasteiger partial charge in [-0.1, -0.05) is 6.07 Å². The topological polar surface area (TPSA) is 92.3 Å². The number of aryl methyl sites for hydroxylation is 1. The third kappa shape index (κ3) is 4.17. The van der Waals surface area contributed by atoms with Gasteiger partial charge >= 0.3 is 0 Å². The fourth-order valence-electron chi connectivity index (χ4n) is 4.00. The van der Waals surface area contributed by atoms with Gasteiger partial charge in [-0.2, -0.15) is 0 Å². The molecule has 0 bridgehead atoms. The summed E-state index contributed by atoms with van der Waals surface area (Å²) in [5, 5.41) is 3.90. The predicted molar refractivity (Wildman–Crippen MR) is 130 cm³/mol. The highest BCUT2D eigenvalue weighted by Crippen LogP contribution is 2.28. The van der Waals surface area contributed by atoms with E-state index in [4.69, 9.17) is 4.98 Å². The van der Waals surface area contributed by atoms with Crippen LogP contribution in [-0.2, 0) is 10.0 Å². The van der Waals surface area contributed by atoms with E-state index in [9.17, 15) is 13.2 Å². The zero-order valence-electron chi connectivity index (χ0n) is 18.0. The molecule has 1 amide bonds. The number of aromatic nitrogens is 2. The molecule has 5 rings (SSSR count). The zero-order chi connectivity index (χ0) is 23.0.